The molecule has 0 bridgehead atoms. The smallest absolute Gasteiger partial charge is 0.269 e. The number of nitriles is 1. The Kier molecular flexibility index (Phi) is 3.35. The van der Waals surface area contributed by atoms with Crippen molar-refractivity contribution in [3.05, 3.63) is 75.2 Å². The summed E-state index contributed by atoms with van der Waals surface area (Å²) in [6, 6.07) is 13.2. The first-order valence-corrected chi connectivity index (χ1v) is 6.72. The molecule has 0 saturated carbocycles. The molecule has 0 aromatic heterocycles. The molecule has 0 unspecified atom stereocenters. The first-order valence-electron chi connectivity index (χ1n) is 6.72. The molecule has 0 amide bonds. The van der Waals surface area contributed by atoms with E-state index >= 15 is 0 Å². The first-order chi connectivity index (χ1) is 11.0. The maximum Gasteiger partial charge on any atom is 0.269 e. The molecule has 0 radical (unpaired) electrons. The Morgan fingerprint density at radius 3 is 2.70 bits per heavy atom. The Morgan fingerprint density at radius 2 is 2.00 bits per heavy atom. The second-order valence-corrected chi connectivity index (χ2v) is 5.07. The summed E-state index contributed by atoms with van der Waals surface area (Å²) < 4.78 is 5.47. The highest BCUT2D eigenvalue weighted by molar-refractivity contribution is 5.60. The van der Waals surface area contributed by atoms with Crippen molar-refractivity contribution in [2.75, 3.05) is 5.73 Å². The topological polar surface area (TPSA) is 128 Å². The lowest BCUT2D eigenvalue weighted by atomic mass is 9.83. The molecular weight excluding hydrogens is 296 g/mol. The predicted molar refractivity (Wildman–Crippen MR) is 83.2 cm³/mol. The number of nitrogen functional groups attached to an aromatic ring is 1. The van der Waals surface area contributed by atoms with Crippen LogP contribution in [0.3, 0.4) is 0 Å². The van der Waals surface area contributed by atoms with Gasteiger partial charge in [0.2, 0.25) is 5.88 Å². The SMILES string of the molecule is N#CC1=C(N)Oc2cc(N)ccc2[C@@H]1c1cccc([N+](=O)[O-])c1. The van der Waals surface area contributed by atoms with Crippen molar-refractivity contribution in [1.82, 2.24) is 0 Å². The van der Waals surface area contributed by atoms with Crippen LogP contribution in [0.4, 0.5) is 11.4 Å². The monoisotopic (exact) mass is 308 g/mol. The minimum atomic E-state index is -0.538. The van der Waals surface area contributed by atoms with Crippen LogP contribution in [0.5, 0.6) is 5.75 Å². The van der Waals surface area contributed by atoms with Crippen LogP contribution in [0.15, 0.2) is 53.9 Å². The second-order valence-electron chi connectivity index (χ2n) is 5.07. The summed E-state index contributed by atoms with van der Waals surface area (Å²) in [6.45, 7) is 0. The number of nitro groups is 1. The van der Waals surface area contributed by atoms with Gasteiger partial charge in [-0.2, -0.15) is 5.26 Å². The van der Waals surface area contributed by atoms with Gasteiger partial charge in [0.25, 0.3) is 5.69 Å². The second kappa shape index (κ2) is 5.35. The normalized spacial score (nSPS) is 16.2. The highest BCUT2D eigenvalue weighted by Crippen LogP contribution is 2.43. The Labute approximate surface area is 131 Å². The maximum absolute atomic E-state index is 11.0. The maximum atomic E-state index is 11.0. The van der Waals surface area contributed by atoms with E-state index in [0.29, 0.717) is 22.6 Å². The number of nitrogens with two attached hydrogens (primary N) is 2. The molecule has 4 N–H and O–H groups in total. The van der Waals surface area contributed by atoms with Crippen LogP contribution in [0.25, 0.3) is 0 Å². The number of ether oxygens (including phenoxy) is 1. The molecule has 0 aliphatic carbocycles. The van der Waals surface area contributed by atoms with Crippen LogP contribution in [-0.2, 0) is 0 Å². The molecule has 7 nitrogen and oxygen atoms in total. The zero-order valence-corrected chi connectivity index (χ0v) is 11.9. The minimum absolute atomic E-state index is 0.0258. The third kappa shape index (κ3) is 2.42. The van der Waals surface area contributed by atoms with Crippen molar-refractivity contribution in [2.24, 2.45) is 5.73 Å². The summed E-state index contributed by atoms with van der Waals surface area (Å²) in [5, 5.41) is 20.4. The molecule has 2 aromatic carbocycles. The summed E-state index contributed by atoms with van der Waals surface area (Å²) in [4.78, 5) is 10.5. The third-order valence-electron chi connectivity index (χ3n) is 3.66. The van der Waals surface area contributed by atoms with E-state index in [1.165, 1.54) is 12.1 Å². The van der Waals surface area contributed by atoms with Gasteiger partial charge >= 0.3 is 0 Å². The average Bonchev–Trinajstić information content (AvgIpc) is 2.53. The number of hydrogen-bond donors (Lipinski definition) is 2. The summed E-state index contributed by atoms with van der Waals surface area (Å²) in [7, 11) is 0. The zero-order chi connectivity index (χ0) is 16.6. The Hall–Kier alpha value is -3.53. The standard InChI is InChI=1S/C16H12N4O3/c17-8-13-15(9-2-1-3-11(6-9)20(21)22)12-5-4-10(18)7-14(12)23-16(13)19/h1-7,15H,18-19H2/t15-/m0/s1. The molecule has 23 heavy (non-hydrogen) atoms. The molecular formula is C16H12N4O3. The Bertz CT molecular complexity index is 883. The number of non-ortho nitro benzene ring substituents is 1. The molecule has 114 valence electrons. The molecule has 1 atom stereocenters. The zero-order valence-electron chi connectivity index (χ0n) is 11.9. The van der Waals surface area contributed by atoms with E-state index in [0.717, 1.165) is 0 Å². The lowest BCUT2D eigenvalue weighted by molar-refractivity contribution is -0.384. The molecule has 1 aliphatic rings. The number of anilines is 1. The van der Waals surface area contributed by atoms with Crippen molar-refractivity contribution in [3.63, 3.8) is 0 Å². The lowest BCUT2D eigenvalue weighted by Gasteiger charge is -2.26. The Balaban J connectivity index is 2.22. The van der Waals surface area contributed by atoms with E-state index in [1.807, 2.05) is 6.07 Å². The van der Waals surface area contributed by atoms with Crippen molar-refractivity contribution >= 4 is 11.4 Å². The minimum Gasteiger partial charge on any atom is -0.440 e. The number of hydrogen-bond acceptors (Lipinski definition) is 6. The first kappa shape index (κ1) is 14.4. The van der Waals surface area contributed by atoms with E-state index < -0.39 is 10.8 Å². The molecule has 2 aromatic rings. The molecule has 1 heterocycles. The number of rotatable bonds is 2. The largest absolute Gasteiger partial charge is 0.440 e. The number of benzene rings is 2. The van der Waals surface area contributed by atoms with E-state index in [1.54, 1.807) is 30.3 Å². The van der Waals surface area contributed by atoms with Crippen LogP contribution >= 0.6 is 0 Å². The van der Waals surface area contributed by atoms with Gasteiger partial charge in [0.1, 0.15) is 17.4 Å². The van der Waals surface area contributed by atoms with E-state index in [4.69, 9.17) is 16.2 Å². The van der Waals surface area contributed by atoms with E-state index in [-0.39, 0.29) is 17.1 Å². The molecule has 0 fully saturated rings. The van der Waals surface area contributed by atoms with Crippen molar-refractivity contribution < 1.29 is 9.66 Å². The molecule has 0 spiro atoms. The summed E-state index contributed by atoms with van der Waals surface area (Å²) in [6.07, 6.45) is 0. The highest BCUT2D eigenvalue weighted by atomic mass is 16.6. The van der Waals surface area contributed by atoms with Crippen molar-refractivity contribution in [1.29, 1.82) is 5.26 Å². The number of allylic oxidation sites excluding steroid dienone is 1. The van der Waals surface area contributed by atoms with Crippen molar-refractivity contribution in [3.8, 4) is 11.8 Å². The number of nitro benzene ring substituents is 1. The van der Waals surface area contributed by atoms with Gasteiger partial charge in [0.15, 0.2) is 0 Å². The summed E-state index contributed by atoms with van der Waals surface area (Å²) >= 11 is 0. The average molecular weight is 308 g/mol. The lowest BCUT2D eigenvalue weighted by Crippen LogP contribution is -2.21. The van der Waals surface area contributed by atoms with Crippen molar-refractivity contribution in [2.45, 2.75) is 5.92 Å². The van der Waals surface area contributed by atoms with Crippen LogP contribution < -0.4 is 16.2 Å². The number of nitrogens with zero attached hydrogens (tertiary/aromatic N) is 2. The van der Waals surface area contributed by atoms with Gasteiger partial charge in [-0.15, -0.1) is 0 Å². The van der Waals surface area contributed by atoms with Gasteiger partial charge in [0, 0.05) is 29.4 Å². The fourth-order valence-electron chi connectivity index (χ4n) is 2.63. The molecule has 0 saturated heterocycles. The Morgan fingerprint density at radius 1 is 1.22 bits per heavy atom. The van der Waals surface area contributed by atoms with E-state index in [2.05, 4.69) is 0 Å². The molecule has 3 rings (SSSR count). The van der Waals surface area contributed by atoms with Crippen LogP contribution in [0, 0.1) is 21.4 Å². The number of fused-ring (bicyclic) bond motifs is 1. The third-order valence-corrected chi connectivity index (χ3v) is 3.66. The fourth-order valence-corrected chi connectivity index (χ4v) is 2.63. The fraction of sp³-hybridized carbons (Fsp3) is 0.0625. The predicted octanol–water partition coefficient (Wildman–Crippen LogP) is 2.40. The quantitative estimate of drug-likeness (QED) is 0.498. The van der Waals surface area contributed by atoms with Crippen LogP contribution in [0.1, 0.15) is 17.0 Å². The van der Waals surface area contributed by atoms with E-state index in [9.17, 15) is 15.4 Å². The van der Waals surface area contributed by atoms with Gasteiger partial charge in [-0.05, 0) is 11.6 Å². The van der Waals surface area contributed by atoms with Gasteiger partial charge in [-0.3, -0.25) is 10.1 Å². The molecule has 7 heteroatoms. The molecule has 1 aliphatic heterocycles. The summed E-state index contributed by atoms with van der Waals surface area (Å²) in [5.41, 5.74) is 13.5. The van der Waals surface area contributed by atoms with Gasteiger partial charge < -0.3 is 16.2 Å². The van der Waals surface area contributed by atoms with Crippen LogP contribution in [-0.4, -0.2) is 4.92 Å². The highest BCUT2D eigenvalue weighted by Gasteiger charge is 2.31. The summed E-state index contributed by atoms with van der Waals surface area (Å²) in [5.74, 6) is -0.121. The van der Waals surface area contributed by atoms with Gasteiger partial charge in [0.05, 0.1) is 10.8 Å². The van der Waals surface area contributed by atoms with Gasteiger partial charge in [-0.25, -0.2) is 0 Å². The van der Waals surface area contributed by atoms with Gasteiger partial charge in [-0.1, -0.05) is 18.2 Å². The van der Waals surface area contributed by atoms with Crippen LogP contribution in [0.2, 0.25) is 0 Å².